The SMILES string of the molecule is CN=C(NCCS(=O)(=O)c1ccccc1F)N1CCSC2(CCCCC2)C1. The highest BCUT2D eigenvalue weighted by Crippen LogP contribution is 2.42. The number of aliphatic imine (C=N–C) groups is 1. The van der Waals surface area contributed by atoms with Gasteiger partial charge in [0.25, 0.3) is 0 Å². The predicted octanol–water partition coefficient (Wildman–Crippen LogP) is 2.93. The van der Waals surface area contributed by atoms with E-state index >= 15 is 0 Å². The van der Waals surface area contributed by atoms with Crippen molar-refractivity contribution in [1.29, 1.82) is 0 Å². The third-order valence-corrected chi connectivity index (χ3v) is 8.63. The number of benzene rings is 1. The van der Waals surface area contributed by atoms with Gasteiger partial charge < -0.3 is 10.2 Å². The molecule has 1 aromatic carbocycles. The van der Waals surface area contributed by atoms with E-state index in [0.717, 1.165) is 24.8 Å². The van der Waals surface area contributed by atoms with Gasteiger partial charge in [-0.1, -0.05) is 31.4 Å². The zero-order valence-corrected chi connectivity index (χ0v) is 17.4. The Morgan fingerprint density at radius 2 is 2.04 bits per heavy atom. The number of halogens is 1. The van der Waals surface area contributed by atoms with Gasteiger partial charge in [0.15, 0.2) is 15.8 Å². The summed E-state index contributed by atoms with van der Waals surface area (Å²) in [4.78, 5) is 6.36. The second-order valence-corrected chi connectivity index (χ2v) is 10.9. The Labute approximate surface area is 165 Å². The summed E-state index contributed by atoms with van der Waals surface area (Å²) in [6, 6.07) is 5.52. The van der Waals surface area contributed by atoms with Crippen LogP contribution in [0.25, 0.3) is 0 Å². The Hall–Kier alpha value is -1.28. The normalized spacial score (nSPS) is 20.7. The molecular weight excluding hydrogens is 385 g/mol. The minimum Gasteiger partial charge on any atom is -0.355 e. The van der Waals surface area contributed by atoms with E-state index in [1.807, 2.05) is 0 Å². The summed E-state index contributed by atoms with van der Waals surface area (Å²) in [7, 11) is -1.94. The van der Waals surface area contributed by atoms with Gasteiger partial charge in [-0.25, -0.2) is 12.8 Å². The van der Waals surface area contributed by atoms with Gasteiger partial charge in [0.05, 0.1) is 5.75 Å². The van der Waals surface area contributed by atoms with Crippen LogP contribution in [-0.2, 0) is 9.84 Å². The lowest BCUT2D eigenvalue weighted by Crippen LogP contribution is -2.53. The number of nitrogens with one attached hydrogen (secondary N) is 1. The number of thioether (sulfide) groups is 1. The van der Waals surface area contributed by atoms with E-state index in [0.29, 0.717) is 4.75 Å². The fourth-order valence-electron chi connectivity index (χ4n) is 3.96. The van der Waals surface area contributed by atoms with Crippen molar-refractivity contribution in [2.24, 2.45) is 4.99 Å². The molecule has 0 unspecified atom stereocenters. The molecule has 1 heterocycles. The molecule has 8 heteroatoms. The maximum Gasteiger partial charge on any atom is 0.193 e. The van der Waals surface area contributed by atoms with Crippen molar-refractivity contribution in [3.05, 3.63) is 30.1 Å². The molecule has 1 N–H and O–H groups in total. The largest absolute Gasteiger partial charge is 0.355 e. The fourth-order valence-corrected chi connectivity index (χ4v) is 6.77. The first-order valence-corrected chi connectivity index (χ1v) is 12.2. The van der Waals surface area contributed by atoms with Crippen LogP contribution >= 0.6 is 11.8 Å². The number of nitrogens with zero attached hydrogens (tertiary/aromatic N) is 2. The molecule has 1 spiro atoms. The van der Waals surface area contributed by atoms with Crippen molar-refractivity contribution < 1.29 is 12.8 Å². The number of hydrogen-bond donors (Lipinski definition) is 1. The summed E-state index contributed by atoms with van der Waals surface area (Å²) in [5, 5.41) is 3.17. The van der Waals surface area contributed by atoms with Gasteiger partial charge in [0.1, 0.15) is 10.7 Å². The van der Waals surface area contributed by atoms with Gasteiger partial charge in [0.2, 0.25) is 0 Å². The van der Waals surface area contributed by atoms with E-state index < -0.39 is 15.7 Å². The molecule has 1 aliphatic heterocycles. The van der Waals surface area contributed by atoms with Crippen LogP contribution in [0.4, 0.5) is 4.39 Å². The maximum absolute atomic E-state index is 13.8. The summed E-state index contributed by atoms with van der Waals surface area (Å²) in [6.45, 7) is 2.07. The van der Waals surface area contributed by atoms with Crippen LogP contribution in [0.3, 0.4) is 0 Å². The monoisotopic (exact) mass is 413 g/mol. The van der Waals surface area contributed by atoms with E-state index in [4.69, 9.17) is 0 Å². The van der Waals surface area contributed by atoms with Crippen LogP contribution in [0.2, 0.25) is 0 Å². The van der Waals surface area contributed by atoms with Crippen LogP contribution < -0.4 is 5.32 Å². The molecule has 0 amide bonds. The molecule has 27 heavy (non-hydrogen) atoms. The van der Waals surface area contributed by atoms with Crippen molar-refractivity contribution in [3.63, 3.8) is 0 Å². The minimum atomic E-state index is -3.67. The number of guanidine groups is 1. The van der Waals surface area contributed by atoms with E-state index in [9.17, 15) is 12.8 Å². The van der Waals surface area contributed by atoms with Crippen molar-refractivity contribution in [2.75, 3.05) is 38.2 Å². The van der Waals surface area contributed by atoms with Gasteiger partial charge in [0, 0.05) is 37.2 Å². The molecule has 2 fully saturated rings. The molecule has 0 radical (unpaired) electrons. The highest BCUT2D eigenvalue weighted by Gasteiger charge is 2.38. The first-order chi connectivity index (χ1) is 13.0. The van der Waals surface area contributed by atoms with Crippen LogP contribution in [0, 0.1) is 5.82 Å². The van der Waals surface area contributed by atoms with Gasteiger partial charge in [-0.2, -0.15) is 11.8 Å². The summed E-state index contributed by atoms with van der Waals surface area (Å²) in [5.41, 5.74) is 0. The quantitative estimate of drug-likeness (QED) is 0.607. The molecule has 150 valence electrons. The third-order valence-electron chi connectivity index (χ3n) is 5.35. The lowest BCUT2D eigenvalue weighted by Gasteiger charge is -2.45. The molecule has 1 aromatic rings. The van der Waals surface area contributed by atoms with Gasteiger partial charge in [-0.15, -0.1) is 0 Å². The second-order valence-electron chi connectivity index (χ2n) is 7.24. The summed E-state index contributed by atoms with van der Waals surface area (Å²) < 4.78 is 38.9. The highest BCUT2D eigenvalue weighted by atomic mass is 32.2. The van der Waals surface area contributed by atoms with Crippen LogP contribution in [-0.4, -0.2) is 62.2 Å². The zero-order chi connectivity index (χ0) is 19.3. The summed E-state index contributed by atoms with van der Waals surface area (Å²) in [5.74, 6) is 0.938. The number of hydrogen-bond acceptors (Lipinski definition) is 4. The standard InChI is InChI=1S/C19H28FN3O2S2/c1-21-18(23-12-13-26-19(15-23)9-5-2-6-10-19)22-11-14-27(24,25)17-8-4-3-7-16(17)20/h3-4,7-8H,2,5-6,9-15H2,1H3,(H,21,22). The Balaban J connectivity index is 1.58. The van der Waals surface area contributed by atoms with E-state index in [1.54, 1.807) is 7.05 Å². The Bertz CT molecular complexity index is 771. The summed E-state index contributed by atoms with van der Waals surface area (Å²) >= 11 is 2.08. The van der Waals surface area contributed by atoms with Crippen LogP contribution in [0.15, 0.2) is 34.2 Å². The predicted molar refractivity (Wildman–Crippen MR) is 110 cm³/mol. The van der Waals surface area contributed by atoms with E-state index in [-0.39, 0.29) is 17.2 Å². The average molecular weight is 414 g/mol. The molecule has 5 nitrogen and oxygen atoms in total. The second kappa shape index (κ2) is 8.82. The Morgan fingerprint density at radius 1 is 1.30 bits per heavy atom. The lowest BCUT2D eigenvalue weighted by atomic mass is 9.87. The maximum atomic E-state index is 13.8. The summed E-state index contributed by atoms with van der Waals surface area (Å²) in [6.07, 6.45) is 6.38. The van der Waals surface area contributed by atoms with Crippen molar-refractivity contribution >= 4 is 27.6 Å². The van der Waals surface area contributed by atoms with Gasteiger partial charge >= 0.3 is 0 Å². The number of sulfone groups is 1. The van der Waals surface area contributed by atoms with Crippen LogP contribution in [0.5, 0.6) is 0 Å². The van der Waals surface area contributed by atoms with Crippen LogP contribution in [0.1, 0.15) is 32.1 Å². The topological polar surface area (TPSA) is 61.8 Å². The molecule has 2 aliphatic rings. The fraction of sp³-hybridized carbons (Fsp3) is 0.632. The molecule has 0 bridgehead atoms. The first kappa shape index (κ1) is 20.5. The zero-order valence-electron chi connectivity index (χ0n) is 15.8. The van der Waals surface area contributed by atoms with Gasteiger partial charge in [-0.05, 0) is 25.0 Å². The molecule has 1 saturated heterocycles. The molecule has 0 aromatic heterocycles. The minimum absolute atomic E-state index is 0.166. The van der Waals surface area contributed by atoms with E-state index in [1.165, 1.54) is 56.4 Å². The van der Waals surface area contributed by atoms with Crippen molar-refractivity contribution in [2.45, 2.75) is 41.7 Å². The molecule has 3 rings (SSSR count). The molecule has 0 atom stereocenters. The molecular formula is C19H28FN3O2S2. The average Bonchev–Trinajstić information content (AvgIpc) is 2.66. The first-order valence-electron chi connectivity index (χ1n) is 9.53. The Morgan fingerprint density at radius 3 is 2.74 bits per heavy atom. The smallest absolute Gasteiger partial charge is 0.193 e. The van der Waals surface area contributed by atoms with Gasteiger partial charge in [-0.3, -0.25) is 4.99 Å². The third kappa shape index (κ3) is 4.96. The molecule has 1 saturated carbocycles. The lowest BCUT2D eigenvalue weighted by molar-refractivity contribution is 0.293. The van der Waals surface area contributed by atoms with Crippen molar-refractivity contribution in [1.82, 2.24) is 10.2 Å². The number of rotatable bonds is 4. The molecule has 1 aliphatic carbocycles. The van der Waals surface area contributed by atoms with E-state index in [2.05, 4.69) is 27.0 Å². The van der Waals surface area contributed by atoms with Crippen molar-refractivity contribution in [3.8, 4) is 0 Å². The highest BCUT2D eigenvalue weighted by molar-refractivity contribution is 8.00. The Kier molecular flexibility index (Phi) is 6.68.